The number of carbonyl (C=O) groups excluding carboxylic acids is 1. The highest BCUT2D eigenvalue weighted by Crippen LogP contribution is 2.35. The summed E-state index contributed by atoms with van der Waals surface area (Å²) in [5, 5.41) is 2.47. The van der Waals surface area contributed by atoms with E-state index < -0.39 is 6.29 Å². The number of ether oxygens (including phenoxy) is 2. The Kier molecular flexibility index (Phi) is 2.04. The molecule has 14 heavy (non-hydrogen) atoms. The molecule has 0 aliphatic carbocycles. The second kappa shape index (κ2) is 3.21. The van der Waals surface area contributed by atoms with E-state index in [1.807, 2.05) is 19.1 Å². The normalized spacial score (nSPS) is 18.0. The Morgan fingerprint density at radius 2 is 2.07 bits per heavy atom. The van der Waals surface area contributed by atoms with Gasteiger partial charge in [-0.1, -0.05) is 6.07 Å². The van der Waals surface area contributed by atoms with Gasteiger partial charge in [-0.05, 0) is 24.6 Å². The number of nitrogens with one attached hydrogen (secondary N) is 1. The molecule has 1 heterocycles. The largest absolute Gasteiger partial charge is 0.442 e. The van der Waals surface area contributed by atoms with E-state index in [4.69, 9.17) is 9.47 Å². The van der Waals surface area contributed by atoms with Crippen LogP contribution in [-0.2, 0) is 4.79 Å². The number of likely N-dealkylation sites (N-methyl/N-ethyl adjacent to an activating group) is 1. The third kappa shape index (κ3) is 1.39. The molecule has 0 fully saturated rings. The van der Waals surface area contributed by atoms with Gasteiger partial charge < -0.3 is 14.8 Å². The van der Waals surface area contributed by atoms with E-state index in [1.54, 1.807) is 13.1 Å². The summed E-state index contributed by atoms with van der Waals surface area (Å²) in [5.41, 5.74) is 1.07. The van der Waals surface area contributed by atoms with Gasteiger partial charge >= 0.3 is 12.2 Å². The highest BCUT2D eigenvalue weighted by Gasteiger charge is 2.29. The molecule has 0 spiro atoms. The van der Waals surface area contributed by atoms with Crippen molar-refractivity contribution in [2.75, 3.05) is 7.05 Å². The van der Waals surface area contributed by atoms with Gasteiger partial charge in [-0.3, -0.25) is 4.79 Å². The number of carbonyl (C=O) groups is 1. The molecule has 0 aromatic heterocycles. The van der Waals surface area contributed by atoms with Crippen LogP contribution in [0.15, 0.2) is 18.2 Å². The Morgan fingerprint density at radius 3 is 2.79 bits per heavy atom. The van der Waals surface area contributed by atoms with Crippen LogP contribution >= 0.6 is 0 Å². The SMILES string of the molecule is CNC(=O)C1Oc2ccc(C)cc2O1. The third-order valence-corrected chi connectivity index (χ3v) is 2.03. The van der Waals surface area contributed by atoms with Crippen LogP contribution in [0.25, 0.3) is 0 Å². The summed E-state index contributed by atoms with van der Waals surface area (Å²) >= 11 is 0. The topological polar surface area (TPSA) is 47.6 Å². The van der Waals surface area contributed by atoms with Gasteiger partial charge in [-0.2, -0.15) is 0 Å². The maximum absolute atomic E-state index is 11.2. The van der Waals surface area contributed by atoms with Gasteiger partial charge in [-0.25, -0.2) is 0 Å². The molecular formula is C10H11NO3. The van der Waals surface area contributed by atoms with E-state index >= 15 is 0 Å². The molecule has 1 aromatic rings. The van der Waals surface area contributed by atoms with Crippen molar-refractivity contribution in [3.8, 4) is 11.5 Å². The van der Waals surface area contributed by atoms with E-state index in [0.29, 0.717) is 11.5 Å². The molecule has 2 rings (SSSR count). The number of hydrogen-bond acceptors (Lipinski definition) is 3. The lowest BCUT2D eigenvalue weighted by atomic mass is 10.2. The average Bonchev–Trinajstić information content (AvgIpc) is 2.59. The Bertz CT molecular complexity index is 376. The first-order valence-electron chi connectivity index (χ1n) is 4.36. The van der Waals surface area contributed by atoms with Crippen molar-refractivity contribution in [3.05, 3.63) is 23.8 Å². The molecule has 1 N–H and O–H groups in total. The molecule has 1 aromatic carbocycles. The number of benzene rings is 1. The Morgan fingerprint density at radius 1 is 1.36 bits per heavy atom. The van der Waals surface area contributed by atoms with E-state index in [9.17, 15) is 4.79 Å². The molecule has 1 amide bonds. The quantitative estimate of drug-likeness (QED) is 0.718. The summed E-state index contributed by atoms with van der Waals surface area (Å²) in [6.45, 7) is 1.96. The summed E-state index contributed by atoms with van der Waals surface area (Å²) in [6.07, 6.45) is -0.850. The smallest absolute Gasteiger partial charge is 0.321 e. The molecule has 74 valence electrons. The van der Waals surface area contributed by atoms with Crippen molar-refractivity contribution in [2.24, 2.45) is 0 Å². The molecule has 1 unspecified atom stereocenters. The van der Waals surface area contributed by atoms with E-state index in [1.165, 1.54) is 0 Å². The zero-order valence-electron chi connectivity index (χ0n) is 8.03. The molecule has 1 aliphatic rings. The number of fused-ring (bicyclic) bond motifs is 1. The molecule has 4 nitrogen and oxygen atoms in total. The number of amides is 1. The lowest BCUT2D eigenvalue weighted by Crippen LogP contribution is -2.37. The molecule has 4 heteroatoms. The lowest BCUT2D eigenvalue weighted by molar-refractivity contribution is -0.136. The first-order chi connectivity index (χ1) is 6.70. The van der Waals surface area contributed by atoms with Crippen LogP contribution in [-0.4, -0.2) is 19.2 Å². The Labute approximate surface area is 81.8 Å². The predicted molar refractivity (Wildman–Crippen MR) is 50.3 cm³/mol. The highest BCUT2D eigenvalue weighted by atomic mass is 16.7. The second-order valence-corrected chi connectivity index (χ2v) is 3.13. The van der Waals surface area contributed by atoms with Crippen molar-refractivity contribution >= 4 is 5.91 Å². The third-order valence-electron chi connectivity index (χ3n) is 2.03. The van der Waals surface area contributed by atoms with Gasteiger partial charge in [0.15, 0.2) is 11.5 Å². The minimum absolute atomic E-state index is 0.279. The van der Waals surface area contributed by atoms with Crippen LogP contribution in [0.4, 0.5) is 0 Å². The van der Waals surface area contributed by atoms with Crippen LogP contribution in [0.1, 0.15) is 5.56 Å². The number of hydrogen-bond donors (Lipinski definition) is 1. The Balaban J connectivity index is 2.22. The van der Waals surface area contributed by atoms with Gasteiger partial charge in [0.1, 0.15) is 0 Å². The van der Waals surface area contributed by atoms with Gasteiger partial charge in [0, 0.05) is 7.05 Å². The fourth-order valence-electron chi connectivity index (χ4n) is 1.28. The van der Waals surface area contributed by atoms with Crippen molar-refractivity contribution < 1.29 is 14.3 Å². The van der Waals surface area contributed by atoms with Crippen LogP contribution in [0, 0.1) is 6.92 Å². The summed E-state index contributed by atoms with van der Waals surface area (Å²) < 4.78 is 10.6. The number of aryl methyl sites for hydroxylation is 1. The van der Waals surface area contributed by atoms with E-state index in [-0.39, 0.29) is 5.91 Å². The fourth-order valence-corrected chi connectivity index (χ4v) is 1.28. The Hall–Kier alpha value is -1.71. The van der Waals surface area contributed by atoms with Crippen molar-refractivity contribution in [1.29, 1.82) is 0 Å². The van der Waals surface area contributed by atoms with Gasteiger partial charge in [-0.15, -0.1) is 0 Å². The number of rotatable bonds is 1. The monoisotopic (exact) mass is 193 g/mol. The van der Waals surface area contributed by atoms with Crippen molar-refractivity contribution in [2.45, 2.75) is 13.2 Å². The molecule has 1 aliphatic heterocycles. The van der Waals surface area contributed by atoms with Crippen LogP contribution in [0.2, 0.25) is 0 Å². The van der Waals surface area contributed by atoms with Crippen molar-refractivity contribution in [1.82, 2.24) is 5.32 Å². The summed E-state index contributed by atoms with van der Waals surface area (Å²) in [5.74, 6) is 0.960. The zero-order chi connectivity index (χ0) is 10.1. The molecule has 0 saturated heterocycles. The fraction of sp³-hybridized carbons (Fsp3) is 0.300. The van der Waals surface area contributed by atoms with Crippen LogP contribution < -0.4 is 14.8 Å². The minimum atomic E-state index is -0.850. The first kappa shape index (κ1) is 8.87. The zero-order valence-corrected chi connectivity index (χ0v) is 8.03. The maximum Gasteiger partial charge on any atom is 0.321 e. The van der Waals surface area contributed by atoms with E-state index in [2.05, 4.69) is 5.32 Å². The highest BCUT2D eigenvalue weighted by molar-refractivity contribution is 5.80. The molecular weight excluding hydrogens is 182 g/mol. The van der Waals surface area contributed by atoms with Crippen LogP contribution in [0.3, 0.4) is 0 Å². The summed E-state index contributed by atoms with van der Waals surface area (Å²) in [4.78, 5) is 11.2. The van der Waals surface area contributed by atoms with E-state index in [0.717, 1.165) is 5.56 Å². The summed E-state index contributed by atoms with van der Waals surface area (Å²) in [6, 6.07) is 5.56. The van der Waals surface area contributed by atoms with Crippen molar-refractivity contribution in [3.63, 3.8) is 0 Å². The maximum atomic E-state index is 11.2. The second-order valence-electron chi connectivity index (χ2n) is 3.13. The molecule has 1 atom stereocenters. The standard InChI is InChI=1S/C10H11NO3/c1-6-3-4-7-8(5-6)14-10(13-7)9(12)11-2/h3-5,10H,1-2H3,(H,11,12). The lowest BCUT2D eigenvalue weighted by Gasteiger charge is -2.06. The minimum Gasteiger partial charge on any atom is -0.442 e. The van der Waals surface area contributed by atoms with Gasteiger partial charge in [0.2, 0.25) is 0 Å². The predicted octanol–water partition coefficient (Wildman–Crippen LogP) is 0.838. The van der Waals surface area contributed by atoms with Gasteiger partial charge in [0.25, 0.3) is 0 Å². The summed E-state index contributed by atoms with van der Waals surface area (Å²) in [7, 11) is 1.54. The van der Waals surface area contributed by atoms with Crippen LogP contribution in [0.5, 0.6) is 11.5 Å². The molecule has 0 bridgehead atoms. The average molecular weight is 193 g/mol. The molecule has 0 radical (unpaired) electrons. The van der Waals surface area contributed by atoms with Gasteiger partial charge in [0.05, 0.1) is 0 Å². The first-order valence-corrected chi connectivity index (χ1v) is 4.36. The molecule has 0 saturated carbocycles.